The van der Waals surface area contributed by atoms with Crippen LogP contribution in [0.5, 0.6) is 11.5 Å². The number of anilines is 2. The number of nitrogens with zero attached hydrogens (tertiary/aromatic N) is 6. The molecule has 0 spiro atoms. The van der Waals surface area contributed by atoms with Crippen molar-refractivity contribution in [3.8, 4) is 11.5 Å². The predicted molar refractivity (Wildman–Crippen MR) is 212 cm³/mol. The summed E-state index contributed by atoms with van der Waals surface area (Å²) in [5, 5.41) is 17.2. The van der Waals surface area contributed by atoms with E-state index < -0.39 is 23.9 Å². The highest BCUT2D eigenvalue weighted by molar-refractivity contribution is 6.11. The summed E-state index contributed by atoms with van der Waals surface area (Å²) < 4.78 is 43.1. The highest BCUT2D eigenvalue weighted by Crippen LogP contribution is 2.35. The number of morpholine rings is 1. The number of aryl methyl sites for hydroxylation is 1. The Hall–Kier alpha value is -5.74. The first-order valence-electron chi connectivity index (χ1n) is 20.1. The molecule has 5 heterocycles. The van der Waals surface area contributed by atoms with Crippen LogP contribution in [0, 0.1) is 5.92 Å². The first-order valence-corrected chi connectivity index (χ1v) is 20.1. The molecule has 1 aliphatic carbocycles. The summed E-state index contributed by atoms with van der Waals surface area (Å²) >= 11 is 0. The fourth-order valence-electron chi connectivity index (χ4n) is 8.09. The first kappa shape index (κ1) is 39.1. The molecule has 2 aliphatic heterocycles. The molecular formula is C42H47F2N9O5. The van der Waals surface area contributed by atoms with Gasteiger partial charge in [0.05, 0.1) is 43.1 Å². The molecule has 3 aromatic heterocycles. The number of rotatable bonds is 15. The number of hydrogen-bond donors (Lipinski definition) is 3. The molecule has 0 bridgehead atoms. The highest BCUT2D eigenvalue weighted by Gasteiger charge is 2.29. The fraction of sp³-hybridized carbons (Fsp3) is 0.429. The lowest BCUT2D eigenvalue weighted by Crippen LogP contribution is -2.37. The Kier molecular flexibility index (Phi) is 12.0. The van der Waals surface area contributed by atoms with E-state index in [0.717, 1.165) is 70.0 Å². The Labute approximate surface area is 334 Å². The predicted octanol–water partition coefficient (Wildman–Crippen LogP) is 6.29. The van der Waals surface area contributed by atoms with Crippen molar-refractivity contribution in [2.24, 2.45) is 5.92 Å². The second-order valence-corrected chi connectivity index (χ2v) is 15.1. The maximum atomic E-state index is 14.2. The standard InChI is InChI=1S/C42H47F2N9O5/c43-39(44)38-32(47-41(55)31-25-46-52-18-16-35(48-40(31)52)51-19-21-57-22-20-51)26-53(50-38)30-14-12-27(13-15-30)24-45-17-5-1-2-7-28-8-3-4-10-33(28)58-34-11-6-9-29-23-36(54)49-42(56)37(29)34/h3-4,6,8-11,16,18,25-27,30,39,45H,1-2,5,7,12-15,17,19-24H2,(H,47,55)(H,49,54,56). The number of ether oxygens (including phenoxy) is 2. The molecule has 5 aromatic rings. The third-order valence-corrected chi connectivity index (χ3v) is 11.2. The molecule has 1 saturated carbocycles. The number of aromatic nitrogens is 5. The molecule has 3 N–H and O–H groups in total. The fourth-order valence-corrected chi connectivity index (χ4v) is 8.09. The zero-order chi connectivity index (χ0) is 40.0. The van der Waals surface area contributed by atoms with E-state index in [0.29, 0.717) is 66.3 Å². The minimum Gasteiger partial charge on any atom is -0.456 e. The molecule has 3 aliphatic rings. The topological polar surface area (TPSA) is 157 Å². The van der Waals surface area contributed by atoms with E-state index in [-0.39, 0.29) is 29.6 Å². The minimum atomic E-state index is -2.85. The van der Waals surface area contributed by atoms with E-state index in [4.69, 9.17) is 9.47 Å². The van der Waals surface area contributed by atoms with Gasteiger partial charge in [-0.3, -0.25) is 24.4 Å². The smallest absolute Gasteiger partial charge is 0.284 e. The van der Waals surface area contributed by atoms with E-state index >= 15 is 0 Å². The Balaban J connectivity index is 0.778. The molecule has 2 fully saturated rings. The number of alkyl halides is 2. The van der Waals surface area contributed by atoms with Gasteiger partial charge in [-0.25, -0.2) is 18.3 Å². The van der Waals surface area contributed by atoms with Gasteiger partial charge in [-0.05, 0) is 93.3 Å². The van der Waals surface area contributed by atoms with Gasteiger partial charge in [-0.1, -0.05) is 36.8 Å². The summed E-state index contributed by atoms with van der Waals surface area (Å²) in [5.74, 6) is 1.01. The van der Waals surface area contributed by atoms with Gasteiger partial charge in [-0.15, -0.1) is 0 Å². The Morgan fingerprint density at radius 2 is 1.79 bits per heavy atom. The van der Waals surface area contributed by atoms with Crippen LogP contribution in [0.25, 0.3) is 5.65 Å². The molecule has 58 heavy (non-hydrogen) atoms. The van der Waals surface area contributed by atoms with Crippen molar-refractivity contribution in [1.29, 1.82) is 0 Å². The molecular weight excluding hydrogens is 749 g/mol. The molecule has 0 unspecified atom stereocenters. The number of imide groups is 1. The van der Waals surface area contributed by atoms with Crippen molar-refractivity contribution < 1.29 is 32.6 Å². The van der Waals surface area contributed by atoms with Gasteiger partial charge in [0.2, 0.25) is 5.91 Å². The maximum Gasteiger partial charge on any atom is 0.284 e. The Morgan fingerprint density at radius 1 is 0.983 bits per heavy atom. The van der Waals surface area contributed by atoms with Crippen LogP contribution >= 0.6 is 0 Å². The summed E-state index contributed by atoms with van der Waals surface area (Å²) in [5.41, 5.74) is 2.21. The van der Waals surface area contributed by atoms with Gasteiger partial charge in [0.15, 0.2) is 11.3 Å². The van der Waals surface area contributed by atoms with Crippen LogP contribution in [0.3, 0.4) is 0 Å². The summed E-state index contributed by atoms with van der Waals surface area (Å²) in [6, 6.07) is 15.0. The monoisotopic (exact) mass is 795 g/mol. The largest absolute Gasteiger partial charge is 0.456 e. The number of nitrogens with one attached hydrogen (secondary N) is 3. The van der Waals surface area contributed by atoms with Crippen molar-refractivity contribution in [2.45, 2.75) is 70.3 Å². The van der Waals surface area contributed by atoms with E-state index in [1.165, 1.54) is 16.9 Å². The quantitative estimate of drug-likeness (QED) is 0.0813. The maximum absolute atomic E-state index is 14.2. The summed E-state index contributed by atoms with van der Waals surface area (Å²) in [6.45, 7) is 4.33. The molecule has 16 heteroatoms. The molecule has 1 saturated heterocycles. The Bertz CT molecular complexity index is 2260. The molecule has 8 rings (SSSR count). The number of para-hydroxylation sites is 1. The number of benzene rings is 2. The number of amides is 3. The van der Waals surface area contributed by atoms with Crippen LogP contribution in [-0.2, 0) is 22.4 Å². The van der Waals surface area contributed by atoms with Gasteiger partial charge in [0.1, 0.15) is 22.9 Å². The van der Waals surface area contributed by atoms with Gasteiger partial charge in [0.25, 0.3) is 18.2 Å². The molecule has 0 atom stereocenters. The van der Waals surface area contributed by atoms with Crippen molar-refractivity contribution in [1.82, 2.24) is 35.0 Å². The molecule has 0 radical (unpaired) electrons. The van der Waals surface area contributed by atoms with Gasteiger partial charge < -0.3 is 25.0 Å². The van der Waals surface area contributed by atoms with E-state index in [9.17, 15) is 23.2 Å². The lowest BCUT2D eigenvalue weighted by molar-refractivity contribution is -0.119. The molecule has 14 nitrogen and oxygen atoms in total. The number of fused-ring (bicyclic) bond motifs is 2. The van der Waals surface area contributed by atoms with Gasteiger partial charge >= 0.3 is 0 Å². The average Bonchev–Trinajstić information content (AvgIpc) is 3.86. The second-order valence-electron chi connectivity index (χ2n) is 15.1. The average molecular weight is 796 g/mol. The van der Waals surface area contributed by atoms with Crippen LogP contribution in [0.15, 0.2) is 67.1 Å². The molecule has 3 amide bonds. The van der Waals surface area contributed by atoms with Crippen LogP contribution in [0.1, 0.15) is 94.9 Å². The summed E-state index contributed by atoms with van der Waals surface area (Å²) in [7, 11) is 0. The molecule has 304 valence electrons. The Morgan fingerprint density at radius 3 is 2.62 bits per heavy atom. The highest BCUT2D eigenvalue weighted by atomic mass is 19.3. The summed E-state index contributed by atoms with van der Waals surface area (Å²) in [4.78, 5) is 44.5. The SMILES string of the molecule is O=C1Cc2cccc(Oc3ccccc3CCCCCNCC3CCC(n4cc(NC(=O)c5cnn6ccc(N7CCOCC7)nc56)c(C(F)F)n4)CC3)c2C(=O)N1. The van der Waals surface area contributed by atoms with Gasteiger partial charge in [0, 0.05) is 25.5 Å². The van der Waals surface area contributed by atoms with Crippen LogP contribution in [-0.4, -0.2) is 81.5 Å². The van der Waals surface area contributed by atoms with E-state index in [1.54, 1.807) is 29.1 Å². The lowest BCUT2D eigenvalue weighted by atomic mass is 9.86. The number of carbonyl (C=O) groups is 3. The normalized spacial score (nSPS) is 18.4. The van der Waals surface area contributed by atoms with Crippen LogP contribution in [0.2, 0.25) is 0 Å². The zero-order valence-corrected chi connectivity index (χ0v) is 32.2. The van der Waals surface area contributed by atoms with E-state index in [1.807, 2.05) is 30.3 Å². The van der Waals surface area contributed by atoms with Crippen molar-refractivity contribution >= 4 is 34.9 Å². The number of unbranched alkanes of at least 4 members (excludes halogenated alkanes) is 2. The first-order chi connectivity index (χ1) is 28.3. The van der Waals surface area contributed by atoms with Crippen molar-refractivity contribution in [3.63, 3.8) is 0 Å². The van der Waals surface area contributed by atoms with Crippen LogP contribution < -0.4 is 25.6 Å². The number of carbonyl (C=O) groups excluding carboxylic acids is 3. The lowest BCUT2D eigenvalue weighted by Gasteiger charge is -2.29. The second kappa shape index (κ2) is 17.8. The van der Waals surface area contributed by atoms with Crippen LogP contribution in [0.4, 0.5) is 20.3 Å². The number of halogens is 2. The zero-order valence-electron chi connectivity index (χ0n) is 32.2. The minimum absolute atomic E-state index is 0.00834. The number of hydrogen-bond acceptors (Lipinski definition) is 10. The third kappa shape index (κ3) is 8.87. The van der Waals surface area contributed by atoms with Crippen molar-refractivity contribution in [3.05, 3.63) is 95.1 Å². The van der Waals surface area contributed by atoms with E-state index in [2.05, 4.69) is 36.0 Å². The van der Waals surface area contributed by atoms with Crippen molar-refractivity contribution in [2.75, 3.05) is 49.6 Å². The van der Waals surface area contributed by atoms with Gasteiger partial charge in [-0.2, -0.15) is 10.2 Å². The third-order valence-electron chi connectivity index (χ3n) is 11.2. The molecule has 2 aromatic carbocycles. The summed E-state index contributed by atoms with van der Waals surface area (Å²) in [6.07, 6.45) is 9.33.